The lowest BCUT2D eigenvalue weighted by Crippen LogP contribution is -2.33. The van der Waals surface area contributed by atoms with Gasteiger partial charge in [0.15, 0.2) is 0 Å². The van der Waals surface area contributed by atoms with Crippen LogP contribution in [-0.4, -0.2) is 28.6 Å². The molecule has 116 valence electrons. The highest BCUT2D eigenvalue weighted by Crippen LogP contribution is 2.03. The first-order valence-corrected chi connectivity index (χ1v) is 7.62. The molecule has 22 heavy (non-hydrogen) atoms. The molecule has 2 N–H and O–H groups in total. The first kappa shape index (κ1) is 16.2. The third-order valence-corrected chi connectivity index (χ3v) is 3.41. The van der Waals surface area contributed by atoms with Gasteiger partial charge in [-0.05, 0) is 30.5 Å². The Balaban J connectivity index is 1.61. The molecule has 0 aliphatic carbocycles. The first-order valence-electron chi connectivity index (χ1n) is 7.62. The molecule has 2 rings (SSSR count). The molecule has 0 fully saturated rings. The van der Waals surface area contributed by atoms with Crippen molar-refractivity contribution in [2.75, 3.05) is 6.54 Å². The molecule has 1 aromatic heterocycles. The quantitative estimate of drug-likeness (QED) is 0.785. The summed E-state index contributed by atoms with van der Waals surface area (Å²) < 4.78 is 0. The second kappa shape index (κ2) is 8.95. The van der Waals surface area contributed by atoms with Crippen LogP contribution in [0.5, 0.6) is 0 Å². The molecule has 0 saturated carbocycles. The van der Waals surface area contributed by atoms with Gasteiger partial charge >= 0.3 is 0 Å². The number of benzene rings is 1. The summed E-state index contributed by atoms with van der Waals surface area (Å²) in [6, 6.07) is 15.6. The van der Waals surface area contributed by atoms with Crippen LogP contribution in [0, 0.1) is 0 Å². The Morgan fingerprint density at radius 3 is 2.64 bits per heavy atom. The highest BCUT2D eigenvalue weighted by molar-refractivity contribution is 5.75. The van der Waals surface area contributed by atoms with Crippen molar-refractivity contribution in [1.82, 2.24) is 10.3 Å². The SMILES string of the molecule is O=C(CCCc1ccccn1)NCC(O)Cc1ccccc1. The molecule has 1 aromatic carbocycles. The number of aromatic nitrogens is 1. The van der Waals surface area contributed by atoms with Gasteiger partial charge in [0, 0.05) is 31.3 Å². The topological polar surface area (TPSA) is 62.2 Å². The van der Waals surface area contributed by atoms with Gasteiger partial charge in [0.1, 0.15) is 0 Å². The molecule has 0 radical (unpaired) electrons. The predicted molar refractivity (Wildman–Crippen MR) is 86.3 cm³/mol. The first-order chi connectivity index (χ1) is 10.7. The minimum Gasteiger partial charge on any atom is -0.391 e. The zero-order chi connectivity index (χ0) is 15.6. The molecule has 1 atom stereocenters. The largest absolute Gasteiger partial charge is 0.391 e. The number of hydrogen-bond donors (Lipinski definition) is 2. The number of nitrogens with zero attached hydrogens (tertiary/aromatic N) is 1. The van der Waals surface area contributed by atoms with Crippen LogP contribution in [0.15, 0.2) is 54.7 Å². The van der Waals surface area contributed by atoms with E-state index in [0.717, 1.165) is 24.1 Å². The number of pyridine rings is 1. The van der Waals surface area contributed by atoms with Crippen LogP contribution >= 0.6 is 0 Å². The van der Waals surface area contributed by atoms with E-state index in [2.05, 4.69) is 10.3 Å². The van der Waals surface area contributed by atoms with Gasteiger partial charge in [-0.3, -0.25) is 9.78 Å². The highest BCUT2D eigenvalue weighted by atomic mass is 16.3. The maximum Gasteiger partial charge on any atom is 0.220 e. The summed E-state index contributed by atoms with van der Waals surface area (Å²) in [5.41, 5.74) is 2.07. The average molecular weight is 298 g/mol. The smallest absolute Gasteiger partial charge is 0.220 e. The van der Waals surface area contributed by atoms with E-state index in [4.69, 9.17) is 0 Å². The zero-order valence-corrected chi connectivity index (χ0v) is 12.6. The molecular formula is C18H22N2O2. The van der Waals surface area contributed by atoms with Crippen molar-refractivity contribution in [3.05, 3.63) is 66.0 Å². The summed E-state index contributed by atoms with van der Waals surface area (Å²) in [5.74, 6) is -0.0250. The Morgan fingerprint density at radius 1 is 1.14 bits per heavy atom. The molecule has 0 bridgehead atoms. The molecule has 1 heterocycles. The van der Waals surface area contributed by atoms with Crippen LogP contribution in [0.1, 0.15) is 24.1 Å². The number of aliphatic hydroxyl groups excluding tert-OH is 1. The van der Waals surface area contributed by atoms with E-state index in [9.17, 15) is 9.90 Å². The van der Waals surface area contributed by atoms with Crippen molar-refractivity contribution in [3.63, 3.8) is 0 Å². The van der Waals surface area contributed by atoms with E-state index in [1.807, 2.05) is 48.5 Å². The lowest BCUT2D eigenvalue weighted by Gasteiger charge is -2.12. The normalized spacial score (nSPS) is 11.9. The molecule has 1 unspecified atom stereocenters. The van der Waals surface area contributed by atoms with Crippen LogP contribution in [0.2, 0.25) is 0 Å². The summed E-state index contributed by atoms with van der Waals surface area (Å²) >= 11 is 0. The zero-order valence-electron chi connectivity index (χ0n) is 12.6. The van der Waals surface area contributed by atoms with Gasteiger partial charge in [0.25, 0.3) is 0 Å². The minimum absolute atomic E-state index is 0.0250. The Labute approximate surface area is 131 Å². The molecule has 0 aliphatic rings. The number of carbonyl (C=O) groups excluding carboxylic acids is 1. The van der Waals surface area contributed by atoms with E-state index in [0.29, 0.717) is 12.8 Å². The third kappa shape index (κ3) is 6.06. The number of carbonyl (C=O) groups is 1. The predicted octanol–water partition coefficient (Wildman–Crippen LogP) is 2.12. The second-order valence-corrected chi connectivity index (χ2v) is 5.32. The van der Waals surface area contributed by atoms with Crippen molar-refractivity contribution in [1.29, 1.82) is 0 Å². The van der Waals surface area contributed by atoms with Crippen molar-refractivity contribution in [3.8, 4) is 0 Å². The van der Waals surface area contributed by atoms with Gasteiger partial charge < -0.3 is 10.4 Å². The van der Waals surface area contributed by atoms with Crippen LogP contribution in [-0.2, 0) is 17.6 Å². The molecule has 0 saturated heterocycles. The number of amides is 1. The number of hydrogen-bond acceptors (Lipinski definition) is 3. The maximum atomic E-state index is 11.7. The van der Waals surface area contributed by atoms with Crippen LogP contribution in [0.3, 0.4) is 0 Å². The van der Waals surface area contributed by atoms with Crippen LogP contribution in [0.25, 0.3) is 0 Å². The van der Waals surface area contributed by atoms with Gasteiger partial charge in [0.2, 0.25) is 5.91 Å². The Bertz CT molecular complexity index is 558. The van der Waals surface area contributed by atoms with E-state index < -0.39 is 6.10 Å². The van der Waals surface area contributed by atoms with Gasteiger partial charge in [-0.2, -0.15) is 0 Å². The second-order valence-electron chi connectivity index (χ2n) is 5.32. The van der Waals surface area contributed by atoms with Gasteiger partial charge in [-0.1, -0.05) is 36.4 Å². The standard InChI is InChI=1S/C18H22N2O2/c21-17(13-15-7-2-1-3-8-15)14-20-18(22)11-6-10-16-9-4-5-12-19-16/h1-5,7-9,12,17,21H,6,10-11,13-14H2,(H,20,22). The molecule has 4 heteroatoms. The van der Waals surface area contributed by atoms with Crippen LogP contribution < -0.4 is 5.32 Å². The van der Waals surface area contributed by atoms with Gasteiger partial charge in [0.05, 0.1) is 6.10 Å². The van der Waals surface area contributed by atoms with Crippen molar-refractivity contribution >= 4 is 5.91 Å². The van der Waals surface area contributed by atoms with E-state index in [1.165, 1.54) is 0 Å². The van der Waals surface area contributed by atoms with Crippen molar-refractivity contribution in [2.24, 2.45) is 0 Å². The fraction of sp³-hybridized carbons (Fsp3) is 0.333. The fourth-order valence-electron chi connectivity index (χ4n) is 2.25. The fourth-order valence-corrected chi connectivity index (χ4v) is 2.25. The molecule has 0 spiro atoms. The molecule has 4 nitrogen and oxygen atoms in total. The maximum absolute atomic E-state index is 11.7. The summed E-state index contributed by atoms with van der Waals surface area (Å²) in [4.78, 5) is 16.0. The molecule has 0 aliphatic heterocycles. The van der Waals surface area contributed by atoms with Gasteiger partial charge in [-0.15, -0.1) is 0 Å². The lowest BCUT2D eigenvalue weighted by atomic mass is 10.1. The molecular weight excluding hydrogens is 276 g/mol. The monoisotopic (exact) mass is 298 g/mol. The van der Waals surface area contributed by atoms with E-state index in [-0.39, 0.29) is 12.5 Å². The van der Waals surface area contributed by atoms with Crippen LogP contribution in [0.4, 0.5) is 0 Å². The lowest BCUT2D eigenvalue weighted by molar-refractivity contribution is -0.121. The average Bonchev–Trinajstić information content (AvgIpc) is 2.55. The summed E-state index contributed by atoms with van der Waals surface area (Å²) in [7, 11) is 0. The number of rotatable bonds is 8. The summed E-state index contributed by atoms with van der Waals surface area (Å²) in [6.45, 7) is 0.289. The van der Waals surface area contributed by atoms with Crippen molar-refractivity contribution < 1.29 is 9.90 Å². The Hall–Kier alpha value is -2.20. The Kier molecular flexibility index (Phi) is 6.58. The molecule has 1 amide bonds. The summed E-state index contributed by atoms with van der Waals surface area (Å²) in [5, 5.41) is 12.7. The number of aliphatic hydroxyl groups is 1. The number of aryl methyl sites for hydroxylation is 1. The highest BCUT2D eigenvalue weighted by Gasteiger charge is 2.08. The minimum atomic E-state index is -0.554. The van der Waals surface area contributed by atoms with E-state index in [1.54, 1.807) is 6.20 Å². The summed E-state index contributed by atoms with van der Waals surface area (Å²) in [6.07, 6.45) is 3.76. The van der Waals surface area contributed by atoms with E-state index >= 15 is 0 Å². The molecule has 2 aromatic rings. The third-order valence-electron chi connectivity index (χ3n) is 3.41. The van der Waals surface area contributed by atoms with Crippen molar-refractivity contribution in [2.45, 2.75) is 31.8 Å². The number of nitrogens with one attached hydrogen (secondary N) is 1. The van der Waals surface area contributed by atoms with Gasteiger partial charge in [-0.25, -0.2) is 0 Å². The Morgan fingerprint density at radius 2 is 1.91 bits per heavy atom.